The van der Waals surface area contributed by atoms with Gasteiger partial charge in [-0.3, -0.25) is 15.1 Å². The molecule has 0 spiro atoms. The number of carbonyl (C=O) groups excluding carboxylic acids is 1. The van der Waals surface area contributed by atoms with Gasteiger partial charge in [-0.1, -0.05) is 0 Å². The van der Waals surface area contributed by atoms with E-state index in [0.717, 1.165) is 37.1 Å². The van der Waals surface area contributed by atoms with Crippen molar-refractivity contribution in [3.8, 4) is 0 Å². The summed E-state index contributed by atoms with van der Waals surface area (Å²) < 4.78 is 5.61. The maximum Gasteiger partial charge on any atom is 0.275 e. The molecule has 1 amide bonds. The van der Waals surface area contributed by atoms with Crippen molar-refractivity contribution in [3.63, 3.8) is 0 Å². The van der Waals surface area contributed by atoms with Crippen molar-refractivity contribution in [2.45, 2.75) is 19.4 Å². The Balaban J connectivity index is 1.67. The highest BCUT2D eigenvalue weighted by molar-refractivity contribution is 7.14. The average molecular weight is 283 g/mol. The Labute approximate surface area is 117 Å². The number of rotatable bonds is 8. The standard InChI is InChI=1S/C13H21N3O2S/c1-16(6-7-18-9-10-2-3-10)8-11-4-5-12(19-11)13(17)15-14/h4-5,10H,2-3,6-9,14H2,1H3,(H,15,17). The van der Waals surface area contributed by atoms with Gasteiger partial charge in [-0.25, -0.2) is 5.84 Å². The van der Waals surface area contributed by atoms with Crippen LogP contribution >= 0.6 is 11.3 Å². The van der Waals surface area contributed by atoms with Crippen LogP contribution in [0.4, 0.5) is 0 Å². The SMILES string of the molecule is CN(CCOCC1CC1)Cc1ccc(C(=O)NN)s1. The molecule has 1 fully saturated rings. The number of ether oxygens (including phenoxy) is 1. The Morgan fingerprint density at radius 2 is 2.37 bits per heavy atom. The van der Waals surface area contributed by atoms with Crippen LogP contribution in [0.2, 0.25) is 0 Å². The zero-order valence-electron chi connectivity index (χ0n) is 11.2. The fourth-order valence-corrected chi connectivity index (χ4v) is 2.75. The lowest BCUT2D eigenvalue weighted by Crippen LogP contribution is -2.29. The molecule has 1 aliphatic carbocycles. The molecule has 3 N–H and O–H groups in total. The highest BCUT2D eigenvalue weighted by atomic mass is 32.1. The van der Waals surface area contributed by atoms with E-state index in [1.165, 1.54) is 24.2 Å². The predicted molar refractivity (Wildman–Crippen MR) is 75.8 cm³/mol. The fourth-order valence-electron chi connectivity index (χ4n) is 1.76. The lowest BCUT2D eigenvalue weighted by Gasteiger charge is -2.15. The lowest BCUT2D eigenvalue weighted by molar-refractivity contribution is 0.0957. The molecule has 1 aliphatic rings. The second-order valence-corrected chi connectivity index (χ2v) is 6.16. The van der Waals surface area contributed by atoms with Crippen molar-refractivity contribution in [2.24, 2.45) is 11.8 Å². The van der Waals surface area contributed by atoms with Crippen molar-refractivity contribution in [1.82, 2.24) is 10.3 Å². The molecular weight excluding hydrogens is 262 g/mol. The Morgan fingerprint density at radius 3 is 3.05 bits per heavy atom. The molecule has 0 atom stereocenters. The number of nitrogens with one attached hydrogen (secondary N) is 1. The summed E-state index contributed by atoms with van der Waals surface area (Å²) in [5.41, 5.74) is 2.14. The third-order valence-corrected chi connectivity index (χ3v) is 4.18. The van der Waals surface area contributed by atoms with Crippen LogP contribution in [-0.2, 0) is 11.3 Å². The van der Waals surface area contributed by atoms with E-state index in [2.05, 4.69) is 17.4 Å². The van der Waals surface area contributed by atoms with E-state index in [-0.39, 0.29) is 5.91 Å². The van der Waals surface area contributed by atoms with E-state index in [4.69, 9.17) is 10.6 Å². The van der Waals surface area contributed by atoms with Crippen molar-refractivity contribution in [1.29, 1.82) is 0 Å². The smallest absolute Gasteiger partial charge is 0.275 e. The normalized spacial score (nSPS) is 14.9. The van der Waals surface area contributed by atoms with Crippen molar-refractivity contribution < 1.29 is 9.53 Å². The third-order valence-electron chi connectivity index (χ3n) is 3.11. The summed E-state index contributed by atoms with van der Waals surface area (Å²) in [7, 11) is 2.06. The van der Waals surface area contributed by atoms with Gasteiger partial charge in [0.25, 0.3) is 5.91 Å². The first kappa shape index (κ1) is 14.5. The summed E-state index contributed by atoms with van der Waals surface area (Å²) in [5, 5.41) is 0. The fraction of sp³-hybridized carbons (Fsp3) is 0.615. The van der Waals surface area contributed by atoms with E-state index in [1.54, 1.807) is 6.07 Å². The Kier molecular flexibility index (Phi) is 5.33. The van der Waals surface area contributed by atoms with Crippen LogP contribution in [0.15, 0.2) is 12.1 Å². The minimum atomic E-state index is -0.230. The van der Waals surface area contributed by atoms with Crippen LogP contribution in [0.5, 0.6) is 0 Å². The van der Waals surface area contributed by atoms with Gasteiger partial charge in [0.15, 0.2) is 0 Å². The Morgan fingerprint density at radius 1 is 1.58 bits per heavy atom. The van der Waals surface area contributed by atoms with Crippen LogP contribution in [0.1, 0.15) is 27.4 Å². The number of hydrazine groups is 1. The molecule has 19 heavy (non-hydrogen) atoms. The first-order chi connectivity index (χ1) is 9.19. The number of nitrogens with two attached hydrogens (primary N) is 1. The van der Waals surface area contributed by atoms with Gasteiger partial charge < -0.3 is 4.74 Å². The number of nitrogen functional groups attached to an aromatic ring is 1. The maximum absolute atomic E-state index is 11.3. The molecule has 1 aromatic heterocycles. The van der Waals surface area contributed by atoms with Gasteiger partial charge in [0.05, 0.1) is 11.5 Å². The van der Waals surface area contributed by atoms with Crippen LogP contribution in [0, 0.1) is 5.92 Å². The molecule has 0 bridgehead atoms. The van der Waals surface area contributed by atoms with E-state index in [0.29, 0.717) is 4.88 Å². The molecule has 0 aliphatic heterocycles. The molecule has 2 rings (SSSR count). The van der Waals surface area contributed by atoms with Gasteiger partial charge in [0.2, 0.25) is 0 Å². The molecule has 1 saturated carbocycles. The van der Waals surface area contributed by atoms with Crippen LogP contribution < -0.4 is 11.3 Å². The van der Waals surface area contributed by atoms with Crippen molar-refractivity contribution in [2.75, 3.05) is 26.8 Å². The summed E-state index contributed by atoms with van der Waals surface area (Å²) in [6.45, 7) is 3.42. The summed E-state index contributed by atoms with van der Waals surface area (Å²) in [6.07, 6.45) is 2.66. The molecule has 5 nitrogen and oxygen atoms in total. The minimum Gasteiger partial charge on any atom is -0.380 e. The molecule has 0 saturated heterocycles. The lowest BCUT2D eigenvalue weighted by atomic mass is 10.4. The molecule has 0 unspecified atom stereocenters. The first-order valence-electron chi connectivity index (χ1n) is 6.55. The number of hydrogen-bond acceptors (Lipinski definition) is 5. The highest BCUT2D eigenvalue weighted by Gasteiger charge is 2.20. The number of amides is 1. The number of nitrogens with zero attached hydrogens (tertiary/aromatic N) is 1. The predicted octanol–water partition coefficient (Wildman–Crippen LogP) is 1.21. The molecule has 1 aromatic rings. The van der Waals surface area contributed by atoms with E-state index in [9.17, 15) is 4.79 Å². The van der Waals surface area contributed by atoms with Crippen LogP contribution in [0.25, 0.3) is 0 Å². The van der Waals surface area contributed by atoms with E-state index in [1.807, 2.05) is 6.07 Å². The third kappa shape index (κ3) is 4.91. The summed E-state index contributed by atoms with van der Waals surface area (Å²) >= 11 is 1.47. The maximum atomic E-state index is 11.3. The molecule has 6 heteroatoms. The summed E-state index contributed by atoms with van der Waals surface area (Å²) in [5.74, 6) is 5.69. The van der Waals surface area contributed by atoms with Crippen LogP contribution in [-0.4, -0.2) is 37.6 Å². The second kappa shape index (κ2) is 7.00. The van der Waals surface area contributed by atoms with Gasteiger partial charge >= 0.3 is 0 Å². The number of hydrogen-bond donors (Lipinski definition) is 2. The first-order valence-corrected chi connectivity index (χ1v) is 7.36. The van der Waals surface area contributed by atoms with Crippen LogP contribution in [0.3, 0.4) is 0 Å². The quantitative estimate of drug-likeness (QED) is 0.326. The molecule has 106 valence electrons. The van der Waals surface area contributed by atoms with Gasteiger partial charge in [0.1, 0.15) is 0 Å². The molecule has 0 aromatic carbocycles. The van der Waals surface area contributed by atoms with Crippen molar-refractivity contribution in [3.05, 3.63) is 21.9 Å². The number of likely N-dealkylation sites (N-methyl/N-ethyl adjacent to an activating group) is 1. The number of thiophene rings is 1. The van der Waals surface area contributed by atoms with Gasteiger partial charge in [-0.05, 0) is 37.9 Å². The Hall–Kier alpha value is -0.950. The molecular formula is C13H21N3O2S. The zero-order chi connectivity index (χ0) is 13.7. The van der Waals surface area contributed by atoms with Gasteiger partial charge in [-0.15, -0.1) is 11.3 Å². The van der Waals surface area contributed by atoms with Gasteiger partial charge in [0, 0.05) is 24.6 Å². The summed E-state index contributed by atoms with van der Waals surface area (Å²) in [6, 6.07) is 3.77. The van der Waals surface area contributed by atoms with E-state index < -0.39 is 0 Å². The zero-order valence-corrected chi connectivity index (χ0v) is 12.0. The average Bonchev–Trinajstić information content (AvgIpc) is 3.12. The second-order valence-electron chi connectivity index (χ2n) is 5.00. The molecule has 0 radical (unpaired) electrons. The Bertz CT molecular complexity index is 418. The summed E-state index contributed by atoms with van der Waals surface area (Å²) in [4.78, 5) is 15.3. The minimum absolute atomic E-state index is 0.230. The monoisotopic (exact) mass is 283 g/mol. The molecule has 1 heterocycles. The van der Waals surface area contributed by atoms with Gasteiger partial charge in [-0.2, -0.15) is 0 Å². The topological polar surface area (TPSA) is 67.6 Å². The number of carbonyl (C=O) groups is 1. The largest absolute Gasteiger partial charge is 0.380 e. The van der Waals surface area contributed by atoms with Crippen molar-refractivity contribution >= 4 is 17.2 Å². The van der Waals surface area contributed by atoms with E-state index >= 15 is 0 Å². The highest BCUT2D eigenvalue weighted by Crippen LogP contribution is 2.28.